The molecule has 4 heterocycles. The molecule has 2 aliphatic carbocycles. The van der Waals surface area contributed by atoms with Gasteiger partial charge in [0.2, 0.25) is 0 Å². The molecule has 0 bridgehead atoms. The quantitative estimate of drug-likeness (QED) is 0.149. The zero-order chi connectivity index (χ0) is 47.2. The Morgan fingerprint density at radius 2 is 1.07 bits per heavy atom. The highest BCUT2D eigenvalue weighted by Crippen LogP contribution is 2.43. The van der Waals surface area contributed by atoms with Gasteiger partial charge in [0.05, 0.1) is 11.2 Å². The second-order valence-electron chi connectivity index (χ2n) is 18.6. The van der Waals surface area contributed by atoms with Crippen LogP contribution in [0.4, 0.5) is 0 Å². The van der Waals surface area contributed by atoms with Gasteiger partial charge >= 0.3 is 0 Å². The van der Waals surface area contributed by atoms with Gasteiger partial charge in [0, 0.05) is 67.6 Å². The number of aromatic nitrogens is 4. The van der Waals surface area contributed by atoms with Crippen molar-refractivity contribution in [3.8, 4) is 61.8 Å². The average molecular weight is 911 g/mol. The standard InChI is InChI=1S/C65H42N4O2/c1-39-24-26-42(44-29-32-57-54(36-44)48-18-9-11-21-56(48)69(57)47-16-7-4-8-17-47)34-52(39)53-35-43(27-25-40(53)2)45-30-33-59-55(37-45)62-51(20-13-23-60(62)70-59)65-67-63(41-14-5-3-6-15-41)66-64(68-65)46-28-31-50-49-19-10-12-22-58(49)71-61(50)38-46/h3-8,10,12,14-22,24-38H,13,23H2,1-2H3. The molecule has 6 nitrogen and oxygen atoms in total. The molecule has 12 aromatic rings. The largest absolute Gasteiger partial charge is 0.460 e. The lowest BCUT2D eigenvalue weighted by Crippen LogP contribution is -2.06. The molecule has 4 aromatic heterocycles. The molecular formula is C65H42N4O2. The van der Waals surface area contributed by atoms with Crippen LogP contribution in [0.3, 0.4) is 0 Å². The summed E-state index contributed by atoms with van der Waals surface area (Å²) in [5.74, 6) is 2.74. The minimum Gasteiger partial charge on any atom is -0.460 e. The molecule has 334 valence electrons. The number of fused-ring (bicyclic) bond motifs is 9. The van der Waals surface area contributed by atoms with E-state index in [1.807, 2.05) is 60.7 Å². The van der Waals surface area contributed by atoms with Crippen molar-refractivity contribution >= 4 is 61.5 Å². The molecule has 14 rings (SSSR count). The van der Waals surface area contributed by atoms with Crippen molar-refractivity contribution in [2.24, 2.45) is 0 Å². The van der Waals surface area contributed by atoms with Crippen LogP contribution in [0.15, 0.2) is 202 Å². The number of hydrogen-bond donors (Lipinski definition) is 0. The molecule has 0 saturated heterocycles. The van der Waals surface area contributed by atoms with Crippen LogP contribution in [0.25, 0.3) is 123 Å². The third-order valence-corrected chi connectivity index (χ3v) is 14.3. The zero-order valence-corrected chi connectivity index (χ0v) is 39.0. The summed E-state index contributed by atoms with van der Waals surface area (Å²) in [5.41, 5.74) is 26.6. The van der Waals surface area contributed by atoms with Gasteiger partial charge < -0.3 is 13.4 Å². The lowest BCUT2D eigenvalue weighted by molar-refractivity contribution is 0.545. The van der Waals surface area contributed by atoms with Crippen LogP contribution in [0.5, 0.6) is 0 Å². The molecule has 2 aliphatic rings. The van der Waals surface area contributed by atoms with Crippen molar-refractivity contribution in [2.45, 2.75) is 26.7 Å². The first kappa shape index (κ1) is 40.7. The molecule has 0 spiro atoms. The number of allylic oxidation sites excluding steroid dienone is 1. The Balaban J connectivity index is 0.847. The summed E-state index contributed by atoms with van der Waals surface area (Å²) in [6, 6.07) is 62.1. The van der Waals surface area contributed by atoms with Crippen molar-refractivity contribution in [3.05, 3.63) is 233 Å². The summed E-state index contributed by atoms with van der Waals surface area (Å²) in [6.45, 7) is 4.41. The fraction of sp³-hybridized carbons (Fsp3) is 0.0615. The van der Waals surface area contributed by atoms with Crippen LogP contribution < -0.4 is 0 Å². The number of para-hydroxylation sites is 2. The summed E-state index contributed by atoms with van der Waals surface area (Å²) >= 11 is 0. The van der Waals surface area contributed by atoms with Gasteiger partial charge in [-0.25, -0.2) is 15.0 Å². The van der Waals surface area contributed by atoms with Crippen LogP contribution in [0.2, 0.25) is 0 Å². The van der Waals surface area contributed by atoms with Gasteiger partial charge in [-0.1, -0.05) is 127 Å². The van der Waals surface area contributed by atoms with Crippen molar-refractivity contribution in [3.63, 3.8) is 0 Å². The highest BCUT2D eigenvalue weighted by atomic mass is 16.3. The topological polar surface area (TPSA) is 69.9 Å². The van der Waals surface area contributed by atoms with E-state index in [-0.39, 0.29) is 0 Å². The van der Waals surface area contributed by atoms with Crippen LogP contribution in [0.1, 0.15) is 46.0 Å². The van der Waals surface area contributed by atoms with Crippen LogP contribution in [0, 0.1) is 13.8 Å². The van der Waals surface area contributed by atoms with E-state index in [2.05, 4.69) is 163 Å². The third kappa shape index (κ3) is 6.77. The van der Waals surface area contributed by atoms with Gasteiger partial charge in [0.15, 0.2) is 17.5 Å². The number of aryl methyl sites for hydroxylation is 3. The maximum Gasteiger partial charge on any atom is 0.164 e. The summed E-state index contributed by atoms with van der Waals surface area (Å²) in [6.07, 6.45) is 7.95. The van der Waals surface area contributed by atoms with E-state index in [4.69, 9.17) is 23.8 Å². The van der Waals surface area contributed by atoms with E-state index in [1.165, 1.54) is 38.8 Å². The van der Waals surface area contributed by atoms with Crippen LogP contribution in [-0.2, 0) is 6.42 Å². The molecule has 0 atom stereocenters. The second-order valence-corrected chi connectivity index (χ2v) is 18.6. The Morgan fingerprint density at radius 1 is 0.465 bits per heavy atom. The normalized spacial score (nSPS) is 12.8. The van der Waals surface area contributed by atoms with Gasteiger partial charge in [-0.05, 0) is 138 Å². The first-order chi connectivity index (χ1) is 35.0. The Labute approximate surface area is 409 Å². The molecule has 0 radical (unpaired) electrons. The lowest BCUT2D eigenvalue weighted by Gasteiger charge is -2.15. The molecule has 0 unspecified atom stereocenters. The molecule has 0 amide bonds. The SMILES string of the molecule is Cc1ccc(-c2ccc3oc4c(c3c2)C(c2nc(-c3ccccc3)nc(-c3ccc5c(c3)oc3ccccc35)n2)=CCC4)cc1-c1cc(-c2ccc3c(c2)c2c(n3-c3ccccc3)C=C=C=C2)ccc1C. The molecule has 0 fully saturated rings. The fourth-order valence-electron chi connectivity index (χ4n) is 10.7. The predicted molar refractivity (Wildman–Crippen MR) is 288 cm³/mol. The smallest absolute Gasteiger partial charge is 0.164 e. The van der Waals surface area contributed by atoms with Crippen molar-refractivity contribution < 1.29 is 8.83 Å². The van der Waals surface area contributed by atoms with Gasteiger partial charge in [-0.3, -0.25) is 0 Å². The summed E-state index contributed by atoms with van der Waals surface area (Å²) in [7, 11) is 0. The Morgan fingerprint density at radius 3 is 1.86 bits per heavy atom. The first-order valence-electron chi connectivity index (χ1n) is 24.1. The molecule has 0 aliphatic heterocycles. The number of benzene rings is 8. The predicted octanol–water partition coefficient (Wildman–Crippen LogP) is 16.6. The van der Waals surface area contributed by atoms with Gasteiger partial charge in [0.1, 0.15) is 22.5 Å². The summed E-state index contributed by atoms with van der Waals surface area (Å²) < 4.78 is 15.3. The number of nitrogens with zero attached hydrogens (tertiary/aromatic N) is 4. The Hall–Kier alpha value is -9.31. The maximum absolute atomic E-state index is 6.67. The first-order valence-corrected chi connectivity index (χ1v) is 24.1. The molecule has 6 heteroatoms. The number of furan rings is 2. The molecule has 0 saturated carbocycles. The van der Waals surface area contributed by atoms with E-state index >= 15 is 0 Å². The summed E-state index contributed by atoms with van der Waals surface area (Å²) in [4.78, 5) is 15.5. The molecule has 71 heavy (non-hydrogen) atoms. The average Bonchev–Trinajstić information content (AvgIpc) is 4.10. The van der Waals surface area contributed by atoms with E-state index in [9.17, 15) is 0 Å². The number of rotatable bonds is 7. The molecule has 0 N–H and O–H groups in total. The highest BCUT2D eigenvalue weighted by Gasteiger charge is 2.26. The monoisotopic (exact) mass is 910 g/mol. The van der Waals surface area contributed by atoms with Crippen LogP contribution >= 0.6 is 0 Å². The Bertz CT molecular complexity index is 4320. The Kier molecular flexibility index (Phi) is 9.27. The van der Waals surface area contributed by atoms with E-state index < -0.39 is 0 Å². The summed E-state index contributed by atoms with van der Waals surface area (Å²) in [5, 5.41) is 4.37. The minimum absolute atomic E-state index is 0.581. The fourth-order valence-corrected chi connectivity index (χ4v) is 10.7. The van der Waals surface area contributed by atoms with Crippen LogP contribution in [-0.4, -0.2) is 19.5 Å². The van der Waals surface area contributed by atoms with E-state index in [0.29, 0.717) is 17.5 Å². The van der Waals surface area contributed by atoms with Gasteiger partial charge in [-0.2, -0.15) is 0 Å². The molecule has 8 aromatic carbocycles. The second kappa shape index (κ2) is 16.2. The van der Waals surface area contributed by atoms with Gasteiger partial charge in [0.25, 0.3) is 0 Å². The van der Waals surface area contributed by atoms with Crippen molar-refractivity contribution in [1.82, 2.24) is 19.5 Å². The number of hydrogen-bond acceptors (Lipinski definition) is 5. The third-order valence-electron chi connectivity index (χ3n) is 14.3. The van der Waals surface area contributed by atoms with Crippen molar-refractivity contribution in [1.29, 1.82) is 0 Å². The lowest BCUT2D eigenvalue weighted by atomic mass is 9.89. The van der Waals surface area contributed by atoms with E-state index in [1.54, 1.807) is 0 Å². The minimum atomic E-state index is 0.581. The highest BCUT2D eigenvalue weighted by molar-refractivity contribution is 6.06. The maximum atomic E-state index is 6.67. The van der Waals surface area contributed by atoms with E-state index in [0.717, 1.165) is 107 Å². The molecular weight excluding hydrogens is 869 g/mol. The zero-order valence-electron chi connectivity index (χ0n) is 39.0. The van der Waals surface area contributed by atoms with Crippen molar-refractivity contribution in [2.75, 3.05) is 0 Å². The van der Waals surface area contributed by atoms with Gasteiger partial charge in [-0.15, -0.1) is 0 Å².